The molecule has 86 valence electrons. The molecule has 3 N–H and O–H groups in total. The Balaban J connectivity index is 0.000000245. The topological polar surface area (TPSA) is 55.1 Å². The van der Waals surface area contributed by atoms with Gasteiger partial charge in [-0.2, -0.15) is 0 Å². The lowest BCUT2D eigenvalue weighted by atomic mass is 9.74. The normalized spacial score (nSPS) is 29.4. The van der Waals surface area contributed by atoms with Crippen LogP contribution >= 0.6 is 11.6 Å². The second-order valence-electron chi connectivity index (χ2n) is 4.24. The van der Waals surface area contributed by atoms with Crippen molar-refractivity contribution in [1.29, 1.82) is 0 Å². The van der Waals surface area contributed by atoms with Crippen molar-refractivity contribution >= 4 is 17.0 Å². The third-order valence-electron chi connectivity index (χ3n) is 3.02. The molecule has 0 aromatic rings. The molecule has 2 aliphatic rings. The summed E-state index contributed by atoms with van der Waals surface area (Å²) in [6, 6.07) is 0. The van der Waals surface area contributed by atoms with Crippen molar-refractivity contribution in [3.05, 3.63) is 12.2 Å². The van der Waals surface area contributed by atoms with Gasteiger partial charge in [-0.1, -0.05) is 12.2 Å². The predicted molar refractivity (Wildman–Crippen MR) is 63.0 cm³/mol. The van der Waals surface area contributed by atoms with E-state index in [4.69, 9.17) is 4.79 Å². The Kier molecular flexibility index (Phi) is 5.12. The first-order chi connectivity index (χ1) is 7.15. The monoisotopic (exact) mass is 230 g/mol. The Morgan fingerprint density at radius 2 is 2.07 bits per heavy atom. The lowest BCUT2D eigenvalue weighted by Gasteiger charge is -2.37. The van der Waals surface area contributed by atoms with Crippen molar-refractivity contribution in [1.82, 2.24) is 5.32 Å². The number of hydrogen-bond acceptors (Lipinski definition) is 2. The summed E-state index contributed by atoms with van der Waals surface area (Å²) in [5.74, 6) is 0. The number of rotatable bonds is 0. The Hall–Kier alpha value is -0.540. The molecule has 1 fully saturated rings. The van der Waals surface area contributed by atoms with E-state index in [9.17, 15) is 0 Å². The molecule has 1 atom stereocenters. The summed E-state index contributed by atoms with van der Waals surface area (Å²) in [7, 11) is 0. The van der Waals surface area contributed by atoms with Gasteiger partial charge in [0, 0.05) is 12.0 Å². The van der Waals surface area contributed by atoms with E-state index in [0.717, 1.165) is 0 Å². The van der Waals surface area contributed by atoms with Crippen molar-refractivity contribution < 1.29 is 4.79 Å². The zero-order chi connectivity index (χ0) is 11.1. The number of piperidine rings is 1. The highest BCUT2D eigenvalue weighted by atomic mass is 35.5. The van der Waals surface area contributed by atoms with Gasteiger partial charge in [-0.15, -0.1) is 0 Å². The van der Waals surface area contributed by atoms with Crippen molar-refractivity contribution in [2.45, 2.75) is 32.1 Å². The van der Waals surface area contributed by atoms with Crippen LogP contribution in [0.4, 0.5) is 4.79 Å². The fourth-order valence-electron chi connectivity index (χ4n) is 2.34. The predicted octanol–water partition coefficient (Wildman–Crippen LogP) is 2.40. The smallest absolute Gasteiger partial charge is 0.311 e. The van der Waals surface area contributed by atoms with Crippen LogP contribution in [0.2, 0.25) is 0 Å². The average molecular weight is 231 g/mol. The zero-order valence-electron chi connectivity index (χ0n) is 8.97. The molecular formula is C11H19ClN2O. The fraction of sp³-hybridized carbons (Fsp3) is 0.727. The number of hydrogen-bond donors (Lipinski definition) is 2. The maximum atomic E-state index is 8.99. The molecule has 15 heavy (non-hydrogen) atoms. The Labute approximate surface area is 96.0 Å². The van der Waals surface area contributed by atoms with Gasteiger partial charge in [-0.3, -0.25) is 4.79 Å². The third kappa shape index (κ3) is 4.67. The molecule has 1 aliphatic heterocycles. The fourth-order valence-corrected chi connectivity index (χ4v) is 2.34. The summed E-state index contributed by atoms with van der Waals surface area (Å²) in [5, 5.41) is 2.63. The minimum atomic E-state index is -0.861. The number of halogens is 1. The van der Waals surface area contributed by atoms with Gasteiger partial charge in [0.2, 0.25) is 0 Å². The summed E-state index contributed by atoms with van der Waals surface area (Å²) in [6.45, 7) is 2.46. The largest absolute Gasteiger partial charge is 0.356 e. The van der Waals surface area contributed by atoms with Crippen LogP contribution in [0.25, 0.3) is 0 Å². The number of carbonyl (C=O) groups excluding carboxylic acids is 1. The minimum absolute atomic E-state index is 0.566. The number of nitrogens with one attached hydrogen (secondary N) is 1. The van der Waals surface area contributed by atoms with Crippen LogP contribution in [0, 0.1) is 5.41 Å². The Bertz CT molecular complexity index is 231. The van der Waals surface area contributed by atoms with Crippen molar-refractivity contribution in [2.24, 2.45) is 11.1 Å². The summed E-state index contributed by atoms with van der Waals surface area (Å²) in [6.07, 6.45) is 11.7. The number of allylic oxidation sites excluding steroid dienone is 1. The van der Waals surface area contributed by atoms with Crippen LogP contribution in [-0.2, 0) is 0 Å². The summed E-state index contributed by atoms with van der Waals surface area (Å²) >= 11 is 4.41. The molecule has 0 aromatic carbocycles. The van der Waals surface area contributed by atoms with Crippen LogP contribution in [0.1, 0.15) is 32.1 Å². The molecular weight excluding hydrogens is 212 g/mol. The number of nitrogens with two attached hydrogens (primary N) is 1. The molecule has 4 heteroatoms. The number of carbonyl (C=O) groups is 1. The van der Waals surface area contributed by atoms with E-state index < -0.39 is 5.37 Å². The van der Waals surface area contributed by atoms with E-state index in [1.54, 1.807) is 0 Å². The van der Waals surface area contributed by atoms with Gasteiger partial charge >= 0.3 is 5.37 Å². The van der Waals surface area contributed by atoms with Gasteiger partial charge in [0.25, 0.3) is 0 Å². The van der Waals surface area contributed by atoms with Crippen LogP contribution in [0.5, 0.6) is 0 Å². The highest BCUT2D eigenvalue weighted by molar-refractivity contribution is 6.62. The van der Waals surface area contributed by atoms with Gasteiger partial charge in [-0.25, -0.2) is 0 Å². The second-order valence-corrected chi connectivity index (χ2v) is 4.61. The number of primary amides is 1. The van der Waals surface area contributed by atoms with E-state index in [2.05, 4.69) is 34.8 Å². The molecule has 2 rings (SSSR count). The second kappa shape index (κ2) is 6.13. The van der Waals surface area contributed by atoms with E-state index in [0.29, 0.717) is 5.41 Å². The van der Waals surface area contributed by atoms with Gasteiger partial charge < -0.3 is 11.1 Å². The lowest BCUT2D eigenvalue weighted by Crippen LogP contribution is -2.39. The maximum absolute atomic E-state index is 8.99. The SMILES string of the molecule is C1=CC2(CCC1)CCCNC2.NC(=O)Cl. The van der Waals surface area contributed by atoms with Crippen LogP contribution in [-0.4, -0.2) is 18.5 Å². The van der Waals surface area contributed by atoms with Crippen LogP contribution in [0.3, 0.4) is 0 Å². The lowest BCUT2D eigenvalue weighted by molar-refractivity contribution is 0.245. The molecule has 1 amide bonds. The first-order valence-corrected chi connectivity index (χ1v) is 5.86. The van der Waals surface area contributed by atoms with E-state index in [1.165, 1.54) is 45.2 Å². The molecule has 0 saturated carbocycles. The van der Waals surface area contributed by atoms with E-state index >= 15 is 0 Å². The molecule has 3 nitrogen and oxygen atoms in total. The van der Waals surface area contributed by atoms with Crippen molar-refractivity contribution in [2.75, 3.05) is 13.1 Å². The standard InChI is InChI=1S/C10H17N.CH2ClNO/c1-2-5-10(6-3-1)7-4-8-11-9-10;2-1(3)4/h2,5,11H,1,3-4,6-9H2;(H2,3,4). The third-order valence-corrected chi connectivity index (χ3v) is 3.02. The van der Waals surface area contributed by atoms with Crippen LogP contribution in [0.15, 0.2) is 12.2 Å². The zero-order valence-corrected chi connectivity index (χ0v) is 9.72. The number of amides is 1. The van der Waals surface area contributed by atoms with Gasteiger partial charge in [0.15, 0.2) is 0 Å². The summed E-state index contributed by atoms with van der Waals surface area (Å²) in [5.41, 5.74) is 4.80. The van der Waals surface area contributed by atoms with E-state index in [1.807, 2.05) is 0 Å². The first-order valence-electron chi connectivity index (χ1n) is 5.48. The molecule has 1 unspecified atom stereocenters. The summed E-state index contributed by atoms with van der Waals surface area (Å²) < 4.78 is 0. The molecule has 0 aromatic heterocycles. The minimum Gasteiger partial charge on any atom is -0.356 e. The Morgan fingerprint density at radius 3 is 2.53 bits per heavy atom. The van der Waals surface area contributed by atoms with Crippen molar-refractivity contribution in [3.63, 3.8) is 0 Å². The first kappa shape index (κ1) is 12.5. The molecule has 1 spiro atoms. The summed E-state index contributed by atoms with van der Waals surface area (Å²) in [4.78, 5) is 8.99. The van der Waals surface area contributed by atoms with Gasteiger partial charge in [0.1, 0.15) is 0 Å². The highest BCUT2D eigenvalue weighted by Crippen LogP contribution is 2.36. The maximum Gasteiger partial charge on any atom is 0.311 e. The van der Waals surface area contributed by atoms with E-state index in [-0.39, 0.29) is 0 Å². The Morgan fingerprint density at radius 1 is 1.40 bits per heavy atom. The quantitative estimate of drug-likeness (QED) is 0.382. The van der Waals surface area contributed by atoms with Crippen LogP contribution < -0.4 is 11.1 Å². The molecule has 1 aliphatic carbocycles. The highest BCUT2D eigenvalue weighted by Gasteiger charge is 2.29. The molecule has 0 radical (unpaired) electrons. The molecule has 0 bridgehead atoms. The van der Waals surface area contributed by atoms with Gasteiger partial charge in [0.05, 0.1) is 0 Å². The average Bonchev–Trinajstić information content (AvgIpc) is 2.19. The molecule has 1 heterocycles. The molecule has 1 saturated heterocycles. The van der Waals surface area contributed by atoms with Crippen molar-refractivity contribution in [3.8, 4) is 0 Å². The van der Waals surface area contributed by atoms with Gasteiger partial charge in [-0.05, 0) is 50.2 Å².